The number of benzene rings is 1. The highest BCUT2D eigenvalue weighted by atomic mass is 16.4. The number of aromatic nitrogens is 2. The number of nitrogens with zero attached hydrogens (tertiary/aromatic N) is 2. The first-order valence-corrected chi connectivity index (χ1v) is 12.6. The van der Waals surface area contributed by atoms with Gasteiger partial charge in [-0.1, -0.05) is 82.6 Å². The van der Waals surface area contributed by atoms with Crippen molar-refractivity contribution in [1.82, 2.24) is 14.9 Å². The third-order valence-electron chi connectivity index (χ3n) is 6.26. The number of para-hydroxylation sites is 1. The van der Waals surface area contributed by atoms with E-state index < -0.39 is 12.0 Å². The molecule has 1 atom stereocenters. The first-order valence-electron chi connectivity index (χ1n) is 12.6. The average Bonchev–Trinajstić information content (AvgIpc) is 3.21. The second kappa shape index (κ2) is 13.5. The Kier molecular flexibility index (Phi) is 10.1. The van der Waals surface area contributed by atoms with Crippen LogP contribution in [0.3, 0.4) is 0 Å². The van der Waals surface area contributed by atoms with Crippen LogP contribution in [0, 0.1) is 0 Å². The molecule has 0 spiro atoms. The van der Waals surface area contributed by atoms with Gasteiger partial charge in [0, 0.05) is 30.6 Å². The number of nitrogens with one attached hydrogen (secondary N) is 1. The molecular weight excluding hydrogens is 426 g/mol. The number of unbranched alkanes of at least 4 members (excludes halogenated alkanes) is 8. The standard InChI is InChI=1S/C28H37N3O3/c1-2-3-4-5-6-7-8-9-10-18-27(32)30-24(28(33)34)20-22-21-31(26-17-13-14-19-29-26)25-16-12-11-15-23(22)25/h11-17,19,21,24H,2-10,18,20H2,1H3,(H,30,32)(H,33,34)/t24-/m0/s1. The van der Waals surface area contributed by atoms with Crippen LogP contribution in [0.1, 0.15) is 76.7 Å². The van der Waals surface area contributed by atoms with Crippen molar-refractivity contribution < 1.29 is 14.7 Å². The Morgan fingerprint density at radius 3 is 2.29 bits per heavy atom. The lowest BCUT2D eigenvalue weighted by molar-refractivity contribution is -0.141. The maximum atomic E-state index is 12.5. The van der Waals surface area contributed by atoms with Crippen molar-refractivity contribution >= 4 is 22.8 Å². The first-order chi connectivity index (χ1) is 16.6. The van der Waals surface area contributed by atoms with Crippen molar-refractivity contribution in [1.29, 1.82) is 0 Å². The molecule has 0 radical (unpaired) electrons. The van der Waals surface area contributed by atoms with Gasteiger partial charge in [0.05, 0.1) is 5.52 Å². The van der Waals surface area contributed by atoms with E-state index in [1.165, 1.54) is 38.5 Å². The van der Waals surface area contributed by atoms with Gasteiger partial charge in [-0.05, 0) is 30.2 Å². The van der Waals surface area contributed by atoms with Crippen LogP contribution in [0.4, 0.5) is 0 Å². The molecule has 0 unspecified atom stereocenters. The largest absolute Gasteiger partial charge is 0.480 e. The number of pyridine rings is 1. The van der Waals surface area contributed by atoms with E-state index in [0.29, 0.717) is 6.42 Å². The fraction of sp³-hybridized carbons (Fsp3) is 0.464. The molecule has 1 amide bonds. The molecule has 2 aromatic heterocycles. The summed E-state index contributed by atoms with van der Waals surface area (Å²) >= 11 is 0. The Morgan fingerprint density at radius 2 is 1.62 bits per heavy atom. The monoisotopic (exact) mass is 463 g/mol. The SMILES string of the molecule is CCCCCCCCCCCC(=O)N[C@@H](Cc1cn(-c2ccccn2)c2ccccc12)C(=O)O. The fourth-order valence-electron chi connectivity index (χ4n) is 4.38. The van der Waals surface area contributed by atoms with Crippen LogP contribution >= 0.6 is 0 Å². The normalized spacial score (nSPS) is 12.0. The lowest BCUT2D eigenvalue weighted by Crippen LogP contribution is -2.42. The number of carbonyl (C=O) groups is 2. The molecule has 3 rings (SSSR count). The number of fused-ring (bicyclic) bond motifs is 1. The number of aliphatic carboxylic acids is 1. The van der Waals surface area contributed by atoms with Crippen molar-refractivity contribution in [2.75, 3.05) is 0 Å². The minimum absolute atomic E-state index is 0.191. The molecule has 1 aromatic carbocycles. The van der Waals surface area contributed by atoms with Gasteiger partial charge in [0.15, 0.2) is 0 Å². The Morgan fingerprint density at radius 1 is 0.941 bits per heavy atom. The molecule has 0 saturated carbocycles. The van der Waals surface area contributed by atoms with E-state index in [2.05, 4.69) is 17.2 Å². The molecule has 0 aliphatic rings. The molecule has 6 nitrogen and oxygen atoms in total. The van der Waals surface area contributed by atoms with E-state index in [-0.39, 0.29) is 12.3 Å². The van der Waals surface area contributed by atoms with Crippen LogP contribution in [0.15, 0.2) is 54.9 Å². The summed E-state index contributed by atoms with van der Waals surface area (Å²) in [5.41, 5.74) is 1.83. The zero-order chi connectivity index (χ0) is 24.2. The van der Waals surface area contributed by atoms with E-state index in [9.17, 15) is 14.7 Å². The molecule has 182 valence electrons. The lowest BCUT2D eigenvalue weighted by Gasteiger charge is -2.14. The zero-order valence-electron chi connectivity index (χ0n) is 20.2. The number of hydrogen-bond donors (Lipinski definition) is 2. The number of amides is 1. The zero-order valence-corrected chi connectivity index (χ0v) is 20.2. The molecule has 2 N–H and O–H groups in total. The summed E-state index contributed by atoms with van der Waals surface area (Å²) < 4.78 is 1.97. The Hall–Kier alpha value is -3.15. The number of carbonyl (C=O) groups excluding carboxylic acids is 1. The van der Waals surface area contributed by atoms with Crippen molar-refractivity contribution in [3.63, 3.8) is 0 Å². The number of hydrogen-bond acceptors (Lipinski definition) is 3. The summed E-state index contributed by atoms with van der Waals surface area (Å²) in [5.74, 6) is -0.440. The molecule has 0 aliphatic carbocycles. The maximum absolute atomic E-state index is 12.5. The lowest BCUT2D eigenvalue weighted by atomic mass is 10.0. The third-order valence-corrected chi connectivity index (χ3v) is 6.26. The molecule has 0 fully saturated rings. The van der Waals surface area contributed by atoms with Crippen LogP contribution in [-0.4, -0.2) is 32.6 Å². The van der Waals surface area contributed by atoms with Gasteiger partial charge >= 0.3 is 5.97 Å². The number of carboxylic acids is 1. The van der Waals surface area contributed by atoms with Gasteiger partial charge in [-0.2, -0.15) is 0 Å². The minimum atomic E-state index is -1.02. The highest BCUT2D eigenvalue weighted by molar-refractivity contribution is 5.88. The van der Waals surface area contributed by atoms with Gasteiger partial charge in [0.2, 0.25) is 5.91 Å². The van der Waals surface area contributed by atoms with E-state index in [1.807, 2.05) is 53.2 Å². The molecule has 3 aromatic rings. The molecule has 0 aliphatic heterocycles. The predicted molar refractivity (Wildman–Crippen MR) is 136 cm³/mol. The smallest absolute Gasteiger partial charge is 0.326 e. The second-order valence-electron chi connectivity index (χ2n) is 8.97. The molecule has 0 saturated heterocycles. The van der Waals surface area contributed by atoms with Crippen LogP contribution in [-0.2, 0) is 16.0 Å². The average molecular weight is 464 g/mol. The topological polar surface area (TPSA) is 84.2 Å². The predicted octanol–water partition coefficient (Wildman–Crippen LogP) is 6.06. The quantitative estimate of drug-likeness (QED) is 0.268. The van der Waals surface area contributed by atoms with Crippen LogP contribution in [0.25, 0.3) is 16.7 Å². The third kappa shape index (κ3) is 7.44. The molecule has 0 bridgehead atoms. The summed E-state index contributed by atoms with van der Waals surface area (Å²) in [4.78, 5) is 28.8. The Bertz CT molecular complexity index is 1050. The summed E-state index contributed by atoms with van der Waals surface area (Å²) in [6.07, 6.45) is 14.9. The minimum Gasteiger partial charge on any atom is -0.480 e. The van der Waals surface area contributed by atoms with E-state index in [1.54, 1.807) is 6.20 Å². The maximum Gasteiger partial charge on any atom is 0.326 e. The van der Waals surface area contributed by atoms with Gasteiger partial charge < -0.3 is 15.0 Å². The van der Waals surface area contributed by atoms with Crippen LogP contribution in [0.2, 0.25) is 0 Å². The number of carboxylic acid groups (broad SMARTS) is 1. The van der Waals surface area contributed by atoms with E-state index in [4.69, 9.17) is 0 Å². The highest BCUT2D eigenvalue weighted by Gasteiger charge is 2.22. The molecule has 34 heavy (non-hydrogen) atoms. The van der Waals surface area contributed by atoms with E-state index in [0.717, 1.165) is 41.5 Å². The van der Waals surface area contributed by atoms with Crippen LogP contribution < -0.4 is 5.32 Å². The Labute approximate surface area is 202 Å². The summed E-state index contributed by atoms with van der Waals surface area (Å²) in [6, 6.07) is 12.6. The van der Waals surface area contributed by atoms with Gasteiger partial charge in [-0.3, -0.25) is 4.79 Å². The second-order valence-corrected chi connectivity index (χ2v) is 8.97. The van der Waals surface area contributed by atoms with Gasteiger partial charge in [0.25, 0.3) is 0 Å². The Balaban J connectivity index is 1.54. The summed E-state index contributed by atoms with van der Waals surface area (Å²) in [6.45, 7) is 2.22. The molecular formula is C28H37N3O3. The van der Waals surface area contributed by atoms with E-state index >= 15 is 0 Å². The van der Waals surface area contributed by atoms with Gasteiger partial charge in [-0.15, -0.1) is 0 Å². The van der Waals surface area contributed by atoms with Gasteiger partial charge in [0.1, 0.15) is 11.9 Å². The molecule has 6 heteroatoms. The highest BCUT2D eigenvalue weighted by Crippen LogP contribution is 2.25. The first kappa shape index (κ1) is 25.5. The van der Waals surface area contributed by atoms with Crippen molar-refractivity contribution in [2.24, 2.45) is 0 Å². The fourth-order valence-corrected chi connectivity index (χ4v) is 4.38. The number of rotatable bonds is 15. The summed E-state index contributed by atoms with van der Waals surface area (Å²) in [5, 5.41) is 13.5. The van der Waals surface area contributed by atoms with Crippen molar-refractivity contribution in [2.45, 2.75) is 83.6 Å². The summed E-state index contributed by atoms with van der Waals surface area (Å²) in [7, 11) is 0. The van der Waals surface area contributed by atoms with Crippen molar-refractivity contribution in [3.8, 4) is 5.82 Å². The van der Waals surface area contributed by atoms with Crippen molar-refractivity contribution in [3.05, 3.63) is 60.4 Å². The van der Waals surface area contributed by atoms with Gasteiger partial charge in [-0.25, -0.2) is 9.78 Å². The molecule has 2 heterocycles. The van der Waals surface area contributed by atoms with Crippen LogP contribution in [0.5, 0.6) is 0 Å².